The van der Waals surface area contributed by atoms with Crippen molar-refractivity contribution in [3.8, 4) is 22.3 Å². The molecule has 0 saturated carbocycles. The highest BCUT2D eigenvalue weighted by molar-refractivity contribution is 5.98. The second-order valence-corrected chi connectivity index (χ2v) is 15.2. The third-order valence-corrected chi connectivity index (χ3v) is 11.1. The van der Waals surface area contributed by atoms with Crippen LogP contribution >= 0.6 is 0 Å². The number of ketones is 1. The Kier molecular flexibility index (Phi) is 14.7. The number of amides is 2. The van der Waals surface area contributed by atoms with Crippen molar-refractivity contribution < 1.29 is 24.3 Å². The number of pyridine rings is 2. The van der Waals surface area contributed by atoms with Crippen molar-refractivity contribution in [2.24, 2.45) is 5.73 Å². The summed E-state index contributed by atoms with van der Waals surface area (Å²) in [4.78, 5) is 59.5. The predicted molar refractivity (Wildman–Crippen MR) is 242 cm³/mol. The molecule has 3 N–H and O–H groups in total. The molecule has 0 atom stereocenters. The Labute approximate surface area is 358 Å². The molecule has 8 rings (SSSR count). The van der Waals surface area contributed by atoms with E-state index < -0.39 is 5.97 Å². The Morgan fingerprint density at radius 1 is 0.639 bits per heavy atom. The third-order valence-electron chi connectivity index (χ3n) is 11.1. The lowest BCUT2D eigenvalue weighted by Gasteiger charge is -2.17. The number of carbonyl (C=O) groups excluding carboxylic acids is 3. The maximum Gasteiger partial charge on any atom is 0.335 e. The summed E-state index contributed by atoms with van der Waals surface area (Å²) in [6.07, 6.45) is 11.0. The largest absolute Gasteiger partial charge is 0.478 e. The SMILES string of the molecule is CCC(=O)N1CCc2cc(-c3ccc(C(=O)CCc4cccnc4)cc3C)ccc21.CCC(=O)N1CCc2cc(-c3ccc(C(=O)O)cc3C)ccc21.NCc1cccnc1. The molecule has 4 heterocycles. The van der Waals surface area contributed by atoms with Crippen molar-refractivity contribution in [3.63, 3.8) is 0 Å². The minimum Gasteiger partial charge on any atom is -0.478 e. The molecule has 10 heteroatoms. The Hall–Kier alpha value is -6.78. The minimum atomic E-state index is -0.915. The monoisotopic (exact) mass is 815 g/mol. The fourth-order valence-corrected chi connectivity index (χ4v) is 7.79. The van der Waals surface area contributed by atoms with E-state index in [1.165, 1.54) is 11.1 Å². The van der Waals surface area contributed by atoms with Gasteiger partial charge >= 0.3 is 5.97 Å². The fraction of sp³-hybridized carbons (Fsp3) is 0.255. The zero-order chi connectivity index (χ0) is 43.5. The van der Waals surface area contributed by atoms with Crippen LogP contribution in [-0.2, 0) is 35.4 Å². The average molecular weight is 816 g/mol. The first-order valence-electron chi connectivity index (χ1n) is 20.8. The second kappa shape index (κ2) is 20.5. The first-order valence-corrected chi connectivity index (χ1v) is 20.8. The topological polar surface area (TPSA) is 147 Å². The van der Waals surface area contributed by atoms with Gasteiger partial charge in [-0.05, 0) is 143 Å². The van der Waals surface area contributed by atoms with E-state index in [9.17, 15) is 19.2 Å². The first kappa shape index (κ1) is 43.8. The molecule has 10 nitrogen and oxygen atoms in total. The number of nitrogens with zero attached hydrogens (tertiary/aromatic N) is 4. The van der Waals surface area contributed by atoms with E-state index in [1.54, 1.807) is 30.7 Å². The molecular weight excluding hydrogens is 763 g/mol. The van der Waals surface area contributed by atoms with Crippen molar-refractivity contribution in [1.82, 2.24) is 9.97 Å². The van der Waals surface area contributed by atoms with Crippen LogP contribution in [0.25, 0.3) is 22.3 Å². The van der Waals surface area contributed by atoms with Crippen LogP contribution in [0.2, 0.25) is 0 Å². The van der Waals surface area contributed by atoms with E-state index in [0.29, 0.717) is 37.8 Å². The van der Waals surface area contributed by atoms with Gasteiger partial charge < -0.3 is 20.6 Å². The molecule has 2 amide bonds. The number of aryl methyl sites for hydroxylation is 3. The summed E-state index contributed by atoms with van der Waals surface area (Å²) in [7, 11) is 0. The summed E-state index contributed by atoms with van der Waals surface area (Å²) in [6.45, 7) is 9.82. The number of hydrogen-bond acceptors (Lipinski definition) is 7. The Bertz CT molecular complexity index is 2520. The molecular formula is C51H53N5O5. The number of carboxylic acid groups (broad SMARTS) is 1. The fourth-order valence-electron chi connectivity index (χ4n) is 7.79. The number of aromatic nitrogens is 2. The molecule has 312 valence electrons. The van der Waals surface area contributed by atoms with Gasteiger partial charge in [-0.2, -0.15) is 0 Å². The summed E-state index contributed by atoms with van der Waals surface area (Å²) in [5, 5.41) is 9.06. The average Bonchev–Trinajstić information content (AvgIpc) is 3.93. The van der Waals surface area contributed by atoms with E-state index in [4.69, 9.17) is 10.8 Å². The van der Waals surface area contributed by atoms with Gasteiger partial charge in [-0.1, -0.05) is 56.3 Å². The molecule has 6 aromatic rings. The van der Waals surface area contributed by atoms with Crippen molar-refractivity contribution in [1.29, 1.82) is 0 Å². The lowest BCUT2D eigenvalue weighted by Crippen LogP contribution is -2.27. The highest BCUT2D eigenvalue weighted by atomic mass is 16.4. The molecule has 0 bridgehead atoms. The van der Waals surface area contributed by atoms with Gasteiger partial charge in [0, 0.05) is 80.6 Å². The molecule has 0 aliphatic carbocycles. The zero-order valence-corrected chi connectivity index (χ0v) is 35.4. The van der Waals surface area contributed by atoms with Crippen LogP contribution in [0.4, 0.5) is 11.4 Å². The number of carbonyl (C=O) groups is 4. The minimum absolute atomic E-state index is 0.149. The van der Waals surface area contributed by atoms with Crippen LogP contribution in [0.15, 0.2) is 122 Å². The standard InChI is InChI=1S/C26H26N2O2.C19H19NO3.C6H8N2/c1-3-26(30)28-14-12-21-16-20(8-10-24(21)28)23-9-7-22(15-18(23)2)25(29)11-6-19-5-4-13-27-17-19;1-3-18(21)20-9-8-14-11-13(5-7-17(14)20)16-6-4-15(19(22)23)10-12(16)2;7-4-6-2-1-3-8-5-6/h4-5,7-10,13,15-17H,3,6,11-12,14H2,1-2H3;4-7,10-11H,3,8-9H2,1-2H3,(H,22,23);1-3,5H,4,7H2. The Morgan fingerprint density at radius 3 is 1.56 bits per heavy atom. The lowest BCUT2D eigenvalue weighted by molar-refractivity contribution is -0.119. The van der Waals surface area contributed by atoms with Crippen molar-refractivity contribution >= 4 is 34.9 Å². The van der Waals surface area contributed by atoms with Crippen LogP contribution in [0.5, 0.6) is 0 Å². The van der Waals surface area contributed by atoms with Crippen LogP contribution < -0.4 is 15.5 Å². The molecule has 2 aromatic heterocycles. The summed E-state index contributed by atoms with van der Waals surface area (Å²) in [6, 6.07) is 31.3. The lowest BCUT2D eigenvalue weighted by atomic mass is 9.94. The van der Waals surface area contributed by atoms with Gasteiger partial charge in [0.1, 0.15) is 0 Å². The van der Waals surface area contributed by atoms with Gasteiger partial charge in [0.15, 0.2) is 5.78 Å². The number of benzene rings is 4. The molecule has 0 unspecified atom stereocenters. The summed E-state index contributed by atoms with van der Waals surface area (Å²) < 4.78 is 0. The third kappa shape index (κ3) is 10.7. The summed E-state index contributed by atoms with van der Waals surface area (Å²) in [5.41, 5.74) is 19.3. The van der Waals surface area contributed by atoms with Gasteiger partial charge in [-0.15, -0.1) is 0 Å². The quantitative estimate of drug-likeness (QED) is 0.130. The van der Waals surface area contributed by atoms with E-state index >= 15 is 0 Å². The van der Waals surface area contributed by atoms with E-state index in [1.807, 2.05) is 104 Å². The molecule has 61 heavy (non-hydrogen) atoms. The van der Waals surface area contributed by atoms with Crippen molar-refractivity contribution in [3.05, 3.63) is 166 Å². The van der Waals surface area contributed by atoms with Crippen LogP contribution in [-0.4, -0.2) is 51.7 Å². The normalized spacial score (nSPS) is 12.3. The predicted octanol–water partition coefficient (Wildman–Crippen LogP) is 9.37. The highest BCUT2D eigenvalue weighted by Gasteiger charge is 2.25. The maximum atomic E-state index is 12.6. The molecule has 0 spiro atoms. The van der Waals surface area contributed by atoms with Gasteiger partial charge in [-0.25, -0.2) is 4.79 Å². The Balaban J connectivity index is 0.000000177. The molecule has 2 aliphatic heterocycles. The summed E-state index contributed by atoms with van der Waals surface area (Å²) >= 11 is 0. The molecule has 0 radical (unpaired) electrons. The van der Waals surface area contributed by atoms with E-state index in [2.05, 4.69) is 34.2 Å². The number of hydrogen-bond donors (Lipinski definition) is 2. The molecule has 0 saturated heterocycles. The van der Waals surface area contributed by atoms with Gasteiger partial charge in [0.05, 0.1) is 5.56 Å². The number of anilines is 2. The van der Waals surface area contributed by atoms with E-state index in [0.717, 1.165) is 87.4 Å². The number of fused-ring (bicyclic) bond motifs is 2. The number of carboxylic acids is 1. The molecule has 4 aromatic carbocycles. The number of rotatable bonds is 10. The molecule has 2 aliphatic rings. The Morgan fingerprint density at radius 2 is 1.13 bits per heavy atom. The highest BCUT2D eigenvalue weighted by Crippen LogP contribution is 2.35. The van der Waals surface area contributed by atoms with Crippen molar-refractivity contribution in [2.45, 2.75) is 72.8 Å². The maximum absolute atomic E-state index is 12.6. The second-order valence-electron chi connectivity index (χ2n) is 15.2. The molecule has 0 fully saturated rings. The number of nitrogens with two attached hydrogens (primary N) is 1. The van der Waals surface area contributed by atoms with E-state index in [-0.39, 0.29) is 17.6 Å². The van der Waals surface area contributed by atoms with Gasteiger partial charge in [0.2, 0.25) is 11.8 Å². The van der Waals surface area contributed by atoms with Crippen molar-refractivity contribution in [2.75, 3.05) is 22.9 Å². The number of aromatic carboxylic acids is 1. The summed E-state index contributed by atoms with van der Waals surface area (Å²) in [5.74, 6) is -0.441. The van der Waals surface area contributed by atoms with Crippen LogP contribution in [0.3, 0.4) is 0 Å². The van der Waals surface area contributed by atoms with Crippen LogP contribution in [0, 0.1) is 13.8 Å². The zero-order valence-electron chi connectivity index (χ0n) is 35.4. The van der Waals surface area contributed by atoms with Crippen LogP contribution in [0.1, 0.15) is 87.2 Å². The van der Waals surface area contributed by atoms with Gasteiger partial charge in [0.25, 0.3) is 0 Å². The number of Topliss-reactive ketones (excluding diaryl/α,β-unsaturated/α-hetero) is 1. The smallest absolute Gasteiger partial charge is 0.335 e. The van der Waals surface area contributed by atoms with Gasteiger partial charge in [-0.3, -0.25) is 24.4 Å². The first-order chi connectivity index (χ1) is 29.5.